The molecule has 7 nitrogen and oxygen atoms in total. The van der Waals surface area contributed by atoms with Crippen molar-refractivity contribution < 1.29 is 31.3 Å². The molecule has 0 spiro atoms. The number of anilines is 1. The normalized spacial score (nSPS) is 24.8. The van der Waals surface area contributed by atoms with Crippen molar-refractivity contribution in [2.45, 2.75) is 81.8 Å². The van der Waals surface area contributed by atoms with Crippen LogP contribution in [0, 0.1) is 23.6 Å². The van der Waals surface area contributed by atoms with Crippen LogP contribution in [0.4, 0.5) is 33.5 Å². The lowest BCUT2D eigenvalue weighted by atomic mass is 9.80. The number of carbonyl (C=O) groups is 1. The van der Waals surface area contributed by atoms with Gasteiger partial charge in [-0.1, -0.05) is 17.3 Å². The zero-order valence-electron chi connectivity index (χ0n) is 21.7. The van der Waals surface area contributed by atoms with Crippen molar-refractivity contribution in [1.29, 1.82) is 0 Å². The van der Waals surface area contributed by atoms with E-state index in [1.807, 2.05) is 6.92 Å². The summed E-state index contributed by atoms with van der Waals surface area (Å²) >= 11 is 0. The van der Waals surface area contributed by atoms with Crippen molar-refractivity contribution in [3.05, 3.63) is 58.3 Å². The Morgan fingerprint density at radius 2 is 1.82 bits per heavy atom. The number of nitrogens with two attached hydrogens (primary N) is 1. The number of Topliss-reactive ketones (excluding diaryl/α,β-unsaturated/α-hetero) is 1. The maximum atomic E-state index is 15.2. The minimum absolute atomic E-state index is 0.0431. The molecule has 2 N–H and O–H groups in total. The van der Waals surface area contributed by atoms with Gasteiger partial charge in [0.05, 0.1) is 29.6 Å². The van der Waals surface area contributed by atoms with Crippen molar-refractivity contribution in [2.24, 2.45) is 5.41 Å². The van der Waals surface area contributed by atoms with Crippen LogP contribution in [0.3, 0.4) is 0 Å². The van der Waals surface area contributed by atoms with E-state index < -0.39 is 40.8 Å². The first-order valence-electron chi connectivity index (χ1n) is 13.1. The second kappa shape index (κ2) is 8.62. The molecule has 2 aromatic heterocycles. The van der Waals surface area contributed by atoms with Crippen molar-refractivity contribution in [3.8, 4) is 11.3 Å². The van der Waals surface area contributed by atoms with Crippen LogP contribution in [-0.4, -0.2) is 26.9 Å². The van der Waals surface area contributed by atoms with Crippen molar-refractivity contribution in [2.75, 3.05) is 5.73 Å². The van der Waals surface area contributed by atoms with Gasteiger partial charge in [-0.2, -0.15) is 18.3 Å². The average molecular weight is 560 g/mol. The van der Waals surface area contributed by atoms with Gasteiger partial charge in [0.15, 0.2) is 11.6 Å². The van der Waals surface area contributed by atoms with Gasteiger partial charge in [-0.3, -0.25) is 9.48 Å². The van der Waals surface area contributed by atoms with Gasteiger partial charge in [0.1, 0.15) is 23.1 Å². The number of ketones is 1. The fraction of sp³-hybridized carbons (Fsp3) is 0.500. The highest BCUT2D eigenvalue weighted by Crippen LogP contribution is 2.67. The van der Waals surface area contributed by atoms with Crippen molar-refractivity contribution in [3.63, 3.8) is 0 Å². The van der Waals surface area contributed by atoms with E-state index in [1.165, 1.54) is 22.9 Å². The lowest BCUT2D eigenvalue weighted by Crippen LogP contribution is -2.33. The molecule has 2 bridgehead atoms. The molecule has 3 aliphatic carbocycles. The Hall–Kier alpha value is -3.75. The highest BCUT2D eigenvalue weighted by Gasteiger charge is 2.67. The van der Waals surface area contributed by atoms with Gasteiger partial charge < -0.3 is 10.3 Å². The van der Waals surface area contributed by atoms with Gasteiger partial charge >= 0.3 is 6.18 Å². The molecule has 2 heterocycles. The second-order valence-electron chi connectivity index (χ2n) is 11.8. The number of hydrogen-bond donors (Lipinski definition) is 1. The summed E-state index contributed by atoms with van der Waals surface area (Å²) in [5.41, 5.74) is 3.20. The molecule has 1 aromatic carbocycles. The van der Waals surface area contributed by atoms with Crippen LogP contribution in [0.25, 0.3) is 16.1 Å². The topological polar surface area (TPSA) is 91.3 Å². The molecular weight excluding hydrogens is 533 g/mol. The number of carbonyl (C=O) groups excluding carboxylic acids is 1. The fourth-order valence-corrected chi connectivity index (χ4v) is 6.48. The predicted octanol–water partition coefficient (Wildman–Crippen LogP) is 6.58. The number of nitrogen functional groups attached to an aromatic ring is 1. The minimum atomic E-state index is -4.28. The number of rotatable bonds is 7. The summed E-state index contributed by atoms with van der Waals surface area (Å²) in [5, 5.41) is 8.32. The molecule has 3 saturated carbocycles. The summed E-state index contributed by atoms with van der Waals surface area (Å²) in [6, 6.07) is 4.06. The van der Waals surface area contributed by atoms with Gasteiger partial charge in [-0.15, -0.1) is 0 Å². The standard InChI is InChI=1S/C28H26F5N5O2/c1-25(5-6-25)38-24(34)23(35-2)22(36-38)18-4-3-15(20(29)21(18)30)11-16(39)12-17-13-19(37-40-17)26-7-9-27(14-26,10-8-26)28(31,32)33/h3-4,13H,5-12,14,34H2,1H3. The summed E-state index contributed by atoms with van der Waals surface area (Å²) in [5.74, 6) is -2.69. The molecular formula is C28H26F5N5O2. The third-order valence-corrected chi connectivity index (χ3v) is 9.21. The van der Waals surface area contributed by atoms with Crippen LogP contribution >= 0.6 is 0 Å². The monoisotopic (exact) mass is 559 g/mol. The van der Waals surface area contributed by atoms with Crippen LogP contribution in [0.2, 0.25) is 0 Å². The van der Waals surface area contributed by atoms with E-state index in [0.717, 1.165) is 12.8 Å². The van der Waals surface area contributed by atoms with Crippen LogP contribution in [0.15, 0.2) is 22.7 Å². The summed E-state index contributed by atoms with van der Waals surface area (Å²) in [6.07, 6.45) is -2.64. The number of halogens is 5. The lowest BCUT2D eigenvalue weighted by Gasteiger charge is -2.29. The number of nitrogens with zero attached hydrogens (tertiary/aromatic N) is 4. The Balaban J connectivity index is 1.18. The molecule has 0 saturated heterocycles. The minimum Gasteiger partial charge on any atom is -0.393 e. The van der Waals surface area contributed by atoms with Crippen LogP contribution in [0.5, 0.6) is 0 Å². The Morgan fingerprint density at radius 1 is 1.12 bits per heavy atom. The van der Waals surface area contributed by atoms with Crippen molar-refractivity contribution >= 4 is 17.3 Å². The molecule has 0 unspecified atom stereocenters. The largest absolute Gasteiger partial charge is 0.394 e. The summed E-state index contributed by atoms with van der Waals surface area (Å²) in [4.78, 5) is 16.1. The SMILES string of the molecule is [C-]#[N+]c1c(-c2ccc(CC(=O)Cc3cc(C45CCC(C(F)(F)F)(CC4)C5)no3)c(F)c2F)nn(C2(C)CC2)c1N. The van der Waals surface area contributed by atoms with Crippen LogP contribution < -0.4 is 5.73 Å². The molecule has 3 aliphatic rings. The summed E-state index contributed by atoms with van der Waals surface area (Å²) in [7, 11) is 0. The first kappa shape index (κ1) is 26.5. The maximum absolute atomic E-state index is 15.2. The highest BCUT2D eigenvalue weighted by molar-refractivity contribution is 5.85. The molecule has 210 valence electrons. The van der Waals surface area contributed by atoms with Gasteiger partial charge in [0, 0.05) is 23.5 Å². The van der Waals surface area contributed by atoms with Crippen LogP contribution in [0.1, 0.15) is 68.9 Å². The molecule has 6 rings (SSSR count). The van der Waals surface area contributed by atoms with Gasteiger partial charge in [-0.05, 0) is 57.4 Å². The lowest BCUT2D eigenvalue weighted by molar-refractivity contribution is -0.220. The molecule has 0 amide bonds. The first-order valence-corrected chi connectivity index (χ1v) is 13.1. The summed E-state index contributed by atoms with van der Waals surface area (Å²) < 4.78 is 77.9. The first-order chi connectivity index (χ1) is 18.8. The van der Waals surface area contributed by atoms with Crippen LogP contribution in [-0.2, 0) is 28.6 Å². The van der Waals surface area contributed by atoms with E-state index >= 15 is 8.78 Å². The maximum Gasteiger partial charge on any atom is 0.394 e. The zero-order valence-corrected chi connectivity index (χ0v) is 21.7. The van der Waals surface area contributed by atoms with E-state index in [2.05, 4.69) is 15.1 Å². The third-order valence-electron chi connectivity index (χ3n) is 9.21. The zero-order chi connectivity index (χ0) is 28.7. The highest BCUT2D eigenvalue weighted by atomic mass is 19.4. The number of fused-ring (bicyclic) bond motifs is 2. The van der Waals surface area contributed by atoms with E-state index in [1.54, 1.807) is 0 Å². The molecule has 40 heavy (non-hydrogen) atoms. The predicted molar refractivity (Wildman–Crippen MR) is 133 cm³/mol. The van der Waals surface area contributed by atoms with E-state index in [-0.39, 0.29) is 65.3 Å². The number of benzene rings is 1. The molecule has 0 atom stereocenters. The Bertz CT molecular complexity index is 1570. The molecule has 3 aromatic rings. The third kappa shape index (κ3) is 3.92. The number of alkyl halides is 3. The summed E-state index contributed by atoms with van der Waals surface area (Å²) in [6.45, 7) is 9.38. The van der Waals surface area contributed by atoms with E-state index in [0.29, 0.717) is 18.5 Å². The Kier molecular flexibility index (Phi) is 5.71. The quantitative estimate of drug-likeness (QED) is 0.261. The number of hydrogen-bond acceptors (Lipinski definition) is 5. The van der Waals surface area contributed by atoms with Crippen molar-refractivity contribution in [1.82, 2.24) is 14.9 Å². The van der Waals surface area contributed by atoms with Gasteiger partial charge in [0.2, 0.25) is 0 Å². The van der Waals surface area contributed by atoms with Gasteiger partial charge in [-0.25, -0.2) is 13.6 Å². The smallest absolute Gasteiger partial charge is 0.393 e. The molecule has 12 heteroatoms. The number of aromatic nitrogens is 3. The molecule has 0 aliphatic heterocycles. The second-order valence-corrected chi connectivity index (χ2v) is 11.8. The van der Waals surface area contributed by atoms with E-state index in [4.69, 9.17) is 16.8 Å². The fourth-order valence-electron chi connectivity index (χ4n) is 6.48. The van der Waals surface area contributed by atoms with E-state index in [9.17, 15) is 18.0 Å². The Labute approximate surface area is 226 Å². The molecule has 0 radical (unpaired) electrons. The average Bonchev–Trinajstić information content (AvgIpc) is 3.32. The molecule has 3 fully saturated rings. The Morgan fingerprint density at radius 3 is 2.42 bits per heavy atom. The van der Waals surface area contributed by atoms with Gasteiger partial charge in [0.25, 0.3) is 5.69 Å².